The van der Waals surface area contributed by atoms with Gasteiger partial charge in [-0.15, -0.1) is 0 Å². The molecule has 5 nitrogen and oxygen atoms in total. The summed E-state index contributed by atoms with van der Waals surface area (Å²) in [5, 5.41) is 3.69. The van der Waals surface area contributed by atoms with Gasteiger partial charge in [0.25, 0.3) is 11.8 Å². The van der Waals surface area contributed by atoms with E-state index in [1.807, 2.05) is 74.5 Å². The number of methoxy groups -OCH3 is 1. The molecular formula is C26H23ClN2O3. The molecule has 0 atom stereocenters. The van der Waals surface area contributed by atoms with Gasteiger partial charge in [0.15, 0.2) is 0 Å². The van der Waals surface area contributed by atoms with E-state index in [0.29, 0.717) is 33.2 Å². The molecule has 0 unspecified atom stereocenters. The van der Waals surface area contributed by atoms with E-state index in [1.165, 1.54) is 4.90 Å². The van der Waals surface area contributed by atoms with E-state index in [1.54, 1.807) is 13.2 Å². The van der Waals surface area contributed by atoms with Crippen molar-refractivity contribution in [2.45, 2.75) is 20.4 Å². The van der Waals surface area contributed by atoms with Gasteiger partial charge in [-0.3, -0.25) is 14.5 Å². The number of nitrogens with one attached hydrogen (secondary N) is 1. The van der Waals surface area contributed by atoms with Crippen LogP contribution in [0.25, 0.3) is 5.57 Å². The topological polar surface area (TPSA) is 58.6 Å². The number of hydrogen-bond donors (Lipinski definition) is 1. The number of nitrogens with zero attached hydrogens (tertiary/aromatic N) is 1. The minimum Gasteiger partial charge on any atom is -0.495 e. The van der Waals surface area contributed by atoms with E-state index >= 15 is 0 Å². The first-order valence-electron chi connectivity index (χ1n) is 10.2. The van der Waals surface area contributed by atoms with Crippen LogP contribution in [0.1, 0.15) is 22.3 Å². The SMILES string of the molecule is COc1ccc(C)cc1NC1=C(c2ccc(C)cc2)C(=O)N(Cc2ccccc2Cl)C1=O. The Labute approximate surface area is 192 Å². The van der Waals surface area contributed by atoms with Gasteiger partial charge in [0.2, 0.25) is 0 Å². The Morgan fingerprint density at radius 3 is 2.28 bits per heavy atom. The van der Waals surface area contributed by atoms with Crippen molar-refractivity contribution in [2.75, 3.05) is 12.4 Å². The van der Waals surface area contributed by atoms with E-state index in [-0.39, 0.29) is 18.1 Å². The van der Waals surface area contributed by atoms with E-state index in [0.717, 1.165) is 11.1 Å². The average molecular weight is 447 g/mol. The van der Waals surface area contributed by atoms with Crippen LogP contribution in [0.2, 0.25) is 5.02 Å². The summed E-state index contributed by atoms with van der Waals surface area (Å²) in [6.07, 6.45) is 0. The molecule has 0 radical (unpaired) electrons. The normalized spacial score (nSPS) is 13.7. The molecule has 0 aromatic heterocycles. The summed E-state index contributed by atoms with van der Waals surface area (Å²) in [6, 6.07) is 20.4. The van der Waals surface area contributed by atoms with Crippen LogP contribution in [0.3, 0.4) is 0 Å². The van der Waals surface area contributed by atoms with Gasteiger partial charge in [-0.2, -0.15) is 0 Å². The lowest BCUT2D eigenvalue weighted by Crippen LogP contribution is -2.32. The van der Waals surface area contributed by atoms with Crippen molar-refractivity contribution in [3.63, 3.8) is 0 Å². The van der Waals surface area contributed by atoms with Gasteiger partial charge >= 0.3 is 0 Å². The Hall–Kier alpha value is -3.57. The smallest absolute Gasteiger partial charge is 0.278 e. The molecule has 32 heavy (non-hydrogen) atoms. The van der Waals surface area contributed by atoms with Gasteiger partial charge in [0.1, 0.15) is 11.4 Å². The highest BCUT2D eigenvalue weighted by Crippen LogP contribution is 2.35. The van der Waals surface area contributed by atoms with Crippen LogP contribution >= 0.6 is 11.6 Å². The third-order valence-electron chi connectivity index (χ3n) is 5.41. The van der Waals surface area contributed by atoms with Gasteiger partial charge < -0.3 is 10.1 Å². The zero-order chi connectivity index (χ0) is 22.8. The Balaban J connectivity index is 1.79. The highest BCUT2D eigenvalue weighted by molar-refractivity contribution is 6.36. The fourth-order valence-corrected chi connectivity index (χ4v) is 3.87. The zero-order valence-electron chi connectivity index (χ0n) is 18.1. The summed E-state index contributed by atoms with van der Waals surface area (Å²) in [5.74, 6) is -0.196. The Morgan fingerprint density at radius 2 is 1.59 bits per heavy atom. The second-order valence-corrected chi connectivity index (χ2v) is 8.14. The van der Waals surface area contributed by atoms with Gasteiger partial charge in [-0.25, -0.2) is 0 Å². The fraction of sp³-hybridized carbons (Fsp3) is 0.154. The summed E-state index contributed by atoms with van der Waals surface area (Å²) < 4.78 is 5.46. The van der Waals surface area contributed by atoms with E-state index in [2.05, 4.69) is 5.32 Å². The maximum atomic E-state index is 13.5. The third kappa shape index (κ3) is 4.12. The number of benzene rings is 3. The lowest BCUT2D eigenvalue weighted by atomic mass is 10.0. The van der Waals surface area contributed by atoms with Gasteiger partial charge in [0, 0.05) is 5.02 Å². The van der Waals surface area contributed by atoms with Crippen molar-refractivity contribution in [1.29, 1.82) is 0 Å². The number of rotatable bonds is 6. The lowest BCUT2D eigenvalue weighted by molar-refractivity contribution is -0.137. The Morgan fingerprint density at radius 1 is 0.906 bits per heavy atom. The summed E-state index contributed by atoms with van der Waals surface area (Å²) in [5.41, 5.74) is 4.59. The second-order valence-electron chi connectivity index (χ2n) is 7.73. The first kappa shape index (κ1) is 21.7. The molecule has 0 aliphatic carbocycles. The number of hydrogen-bond acceptors (Lipinski definition) is 4. The Kier molecular flexibility index (Phi) is 6.01. The van der Waals surface area contributed by atoms with Crippen molar-refractivity contribution in [3.05, 3.63) is 99.7 Å². The molecule has 1 aliphatic heterocycles. The lowest BCUT2D eigenvalue weighted by Gasteiger charge is -2.17. The molecule has 1 aliphatic rings. The molecule has 1 heterocycles. The summed E-state index contributed by atoms with van der Waals surface area (Å²) in [4.78, 5) is 28.2. The number of amides is 2. The molecule has 4 rings (SSSR count). The number of carbonyl (C=O) groups excluding carboxylic acids is 2. The van der Waals surface area contributed by atoms with Gasteiger partial charge in [0.05, 0.1) is 24.9 Å². The number of carbonyl (C=O) groups is 2. The fourth-order valence-electron chi connectivity index (χ4n) is 3.67. The quantitative estimate of drug-likeness (QED) is 0.518. The molecular weight excluding hydrogens is 424 g/mol. The molecule has 2 amide bonds. The predicted molar refractivity (Wildman–Crippen MR) is 126 cm³/mol. The van der Waals surface area contributed by atoms with E-state index in [4.69, 9.17) is 16.3 Å². The Bertz CT molecular complexity index is 1230. The number of halogens is 1. The van der Waals surface area contributed by atoms with Crippen molar-refractivity contribution >= 4 is 34.7 Å². The molecule has 162 valence electrons. The molecule has 0 spiro atoms. The molecule has 3 aromatic carbocycles. The minimum absolute atomic E-state index is 0.0861. The van der Waals surface area contributed by atoms with Crippen molar-refractivity contribution in [1.82, 2.24) is 4.90 Å². The molecule has 1 N–H and O–H groups in total. The molecule has 0 saturated heterocycles. The van der Waals surface area contributed by atoms with Gasteiger partial charge in [-0.05, 0) is 48.7 Å². The van der Waals surface area contributed by atoms with Crippen molar-refractivity contribution in [2.24, 2.45) is 0 Å². The summed E-state index contributed by atoms with van der Waals surface area (Å²) in [7, 11) is 1.57. The maximum absolute atomic E-state index is 13.5. The first-order chi connectivity index (χ1) is 15.4. The van der Waals surface area contributed by atoms with Gasteiger partial charge in [-0.1, -0.05) is 65.7 Å². The molecule has 3 aromatic rings. The van der Waals surface area contributed by atoms with E-state index < -0.39 is 5.91 Å². The highest BCUT2D eigenvalue weighted by atomic mass is 35.5. The highest BCUT2D eigenvalue weighted by Gasteiger charge is 2.39. The van der Waals surface area contributed by atoms with Crippen LogP contribution in [-0.4, -0.2) is 23.8 Å². The standard InChI is InChI=1S/C26H23ClN2O3/c1-16-8-11-18(12-9-16)23-24(28-21-14-17(2)10-13-22(21)32-3)26(31)29(25(23)30)15-19-6-4-5-7-20(19)27/h4-14,28H,15H2,1-3H3. The summed E-state index contributed by atoms with van der Waals surface area (Å²) >= 11 is 6.30. The summed E-state index contributed by atoms with van der Waals surface area (Å²) in [6.45, 7) is 4.01. The molecule has 0 bridgehead atoms. The molecule has 0 saturated carbocycles. The number of anilines is 1. The first-order valence-corrected chi connectivity index (χ1v) is 10.6. The minimum atomic E-state index is -0.408. The molecule has 6 heteroatoms. The van der Waals surface area contributed by atoms with Crippen LogP contribution in [0.5, 0.6) is 5.75 Å². The van der Waals surface area contributed by atoms with Crippen LogP contribution in [0, 0.1) is 13.8 Å². The van der Waals surface area contributed by atoms with Crippen molar-refractivity contribution < 1.29 is 14.3 Å². The number of aryl methyl sites for hydroxylation is 2. The van der Waals surface area contributed by atoms with Crippen LogP contribution in [0.15, 0.2) is 72.4 Å². The van der Waals surface area contributed by atoms with Crippen molar-refractivity contribution in [3.8, 4) is 5.75 Å². The largest absolute Gasteiger partial charge is 0.495 e. The molecule has 0 fully saturated rings. The average Bonchev–Trinajstić information content (AvgIpc) is 3.00. The third-order valence-corrected chi connectivity index (χ3v) is 5.78. The number of imide groups is 1. The predicted octanol–water partition coefficient (Wildman–Crippen LogP) is 5.36. The van der Waals surface area contributed by atoms with Crippen LogP contribution < -0.4 is 10.1 Å². The van der Waals surface area contributed by atoms with E-state index in [9.17, 15) is 9.59 Å². The monoisotopic (exact) mass is 446 g/mol. The van der Waals surface area contributed by atoms with Crippen LogP contribution in [0.4, 0.5) is 5.69 Å². The zero-order valence-corrected chi connectivity index (χ0v) is 18.9. The van der Waals surface area contributed by atoms with Crippen LogP contribution in [-0.2, 0) is 16.1 Å². The second kappa shape index (κ2) is 8.89. The maximum Gasteiger partial charge on any atom is 0.278 e. The number of ether oxygens (including phenoxy) is 1.